The van der Waals surface area contributed by atoms with Crippen molar-refractivity contribution >= 4 is 5.95 Å². The van der Waals surface area contributed by atoms with Crippen LogP contribution in [-0.4, -0.2) is 66.0 Å². The second-order valence-electron chi connectivity index (χ2n) is 8.18. The van der Waals surface area contributed by atoms with Crippen molar-refractivity contribution in [2.24, 2.45) is 0 Å². The number of anilines is 1. The van der Waals surface area contributed by atoms with Crippen molar-refractivity contribution < 1.29 is 14.0 Å². The summed E-state index contributed by atoms with van der Waals surface area (Å²) in [6.45, 7) is 11.3. The molecule has 5 rings (SSSR count). The zero-order chi connectivity index (χ0) is 19.1. The highest BCUT2D eigenvalue weighted by Gasteiger charge is 2.45. The molecule has 5 heterocycles. The van der Waals surface area contributed by atoms with E-state index >= 15 is 0 Å². The van der Waals surface area contributed by atoms with Crippen LogP contribution >= 0.6 is 0 Å². The summed E-state index contributed by atoms with van der Waals surface area (Å²) >= 11 is 0. The number of nitrogens with zero attached hydrogens (tertiary/aromatic N) is 5. The van der Waals surface area contributed by atoms with Gasteiger partial charge in [-0.05, 0) is 26.8 Å². The smallest absolute Gasteiger partial charge is 0.225 e. The number of rotatable bonds is 3. The minimum absolute atomic E-state index is 0.0590. The molecule has 150 valence electrons. The van der Waals surface area contributed by atoms with Crippen molar-refractivity contribution in [1.82, 2.24) is 20.0 Å². The molecule has 0 N–H and O–H groups in total. The van der Waals surface area contributed by atoms with E-state index < -0.39 is 0 Å². The third-order valence-electron chi connectivity index (χ3n) is 6.28. The number of ether oxygens (including phenoxy) is 2. The Morgan fingerprint density at radius 1 is 1.14 bits per heavy atom. The fourth-order valence-electron chi connectivity index (χ4n) is 4.66. The molecule has 1 atom stereocenters. The molecular weight excluding hydrogens is 358 g/mol. The van der Waals surface area contributed by atoms with E-state index in [1.165, 1.54) is 11.3 Å². The van der Waals surface area contributed by atoms with Crippen LogP contribution in [0, 0.1) is 13.8 Å². The van der Waals surface area contributed by atoms with Gasteiger partial charge in [0.25, 0.3) is 0 Å². The van der Waals surface area contributed by atoms with Gasteiger partial charge in [0.2, 0.25) is 5.95 Å². The molecule has 0 saturated carbocycles. The maximum atomic E-state index is 5.98. The van der Waals surface area contributed by atoms with Gasteiger partial charge in [-0.15, -0.1) is 0 Å². The van der Waals surface area contributed by atoms with Crippen molar-refractivity contribution in [1.29, 1.82) is 0 Å². The lowest BCUT2D eigenvalue weighted by atomic mass is 9.80. The monoisotopic (exact) mass is 385 g/mol. The maximum Gasteiger partial charge on any atom is 0.225 e. The average molecular weight is 385 g/mol. The number of likely N-dealkylation sites (tertiary alicyclic amines) is 1. The first kappa shape index (κ1) is 18.0. The van der Waals surface area contributed by atoms with E-state index in [0.29, 0.717) is 6.61 Å². The Morgan fingerprint density at radius 2 is 2.00 bits per heavy atom. The summed E-state index contributed by atoms with van der Waals surface area (Å²) in [5.74, 6) is 1.74. The number of hydrogen-bond acceptors (Lipinski definition) is 8. The van der Waals surface area contributed by atoms with Gasteiger partial charge in [-0.3, -0.25) is 4.90 Å². The highest BCUT2D eigenvalue weighted by atomic mass is 16.5. The lowest BCUT2D eigenvalue weighted by Gasteiger charge is -2.35. The van der Waals surface area contributed by atoms with Gasteiger partial charge in [0.1, 0.15) is 5.76 Å². The highest BCUT2D eigenvalue weighted by Crippen LogP contribution is 2.40. The van der Waals surface area contributed by atoms with Gasteiger partial charge in [-0.25, -0.2) is 9.97 Å². The van der Waals surface area contributed by atoms with Crippen LogP contribution in [0.1, 0.15) is 34.7 Å². The van der Waals surface area contributed by atoms with Crippen LogP contribution in [0.5, 0.6) is 0 Å². The summed E-state index contributed by atoms with van der Waals surface area (Å²) in [4.78, 5) is 14.4. The zero-order valence-corrected chi connectivity index (χ0v) is 16.6. The first-order chi connectivity index (χ1) is 13.6. The van der Waals surface area contributed by atoms with Gasteiger partial charge in [-0.2, -0.15) is 0 Å². The largest absolute Gasteiger partial charge is 0.378 e. The van der Waals surface area contributed by atoms with Crippen molar-refractivity contribution in [2.45, 2.75) is 38.8 Å². The first-order valence-corrected chi connectivity index (χ1v) is 10.1. The molecule has 2 fully saturated rings. The van der Waals surface area contributed by atoms with E-state index in [4.69, 9.17) is 19.0 Å². The quantitative estimate of drug-likeness (QED) is 0.788. The second-order valence-corrected chi connectivity index (χ2v) is 8.18. The van der Waals surface area contributed by atoms with Crippen LogP contribution in [-0.2, 0) is 28.0 Å². The summed E-state index contributed by atoms with van der Waals surface area (Å²) < 4.78 is 16.8. The predicted octanol–water partition coefficient (Wildman–Crippen LogP) is 1.59. The molecule has 28 heavy (non-hydrogen) atoms. The fourth-order valence-corrected chi connectivity index (χ4v) is 4.66. The zero-order valence-electron chi connectivity index (χ0n) is 16.6. The minimum Gasteiger partial charge on any atom is -0.378 e. The number of aryl methyl sites for hydroxylation is 2. The first-order valence-electron chi connectivity index (χ1n) is 10.1. The third-order valence-corrected chi connectivity index (χ3v) is 6.28. The molecule has 3 aliphatic heterocycles. The van der Waals surface area contributed by atoms with E-state index in [9.17, 15) is 0 Å². The standard InChI is InChI=1S/C20H27N5O3/c1-14-17(15(2)28-23-14)10-24-4-3-20(12-24)13-27-11-16-9-21-19(22-18(16)20)25-5-7-26-8-6-25/h9H,3-8,10-13H2,1-2H3. The van der Waals surface area contributed by atoms with E-state index in [1.54, 1.807) is 0 Å². The van der Waals surface area contributed by atoms with Crippen molar-refractivity contribution in [3.8, 4) is 0 Å². The Balaban J connectivity index is 1.41. The van der Waals surface area contributed by atoms with Gasteiger partial charge >= 0.3 is 0 Å². The fraction of sp³-hybridized carbons (Fsp3) is 0.650. The maximum absolute atomic E-state index is 5.98. The number of hydrogen-bond donors (Lipinski definition) is 0. The van der Waals surface area contributed by atoms with Crippen LogP contribution in [0.2, 0.25) is 0 Å². The molecule has 0 aromatic carbocycles. The lowest BCUT2D eigenvalue weighted by molar-refractivity contribution is 0.0501. The summed E-state index contributed by atoms with van der Waals surface area (Å²) in [6, 6.07) is 0. The molecule has 2 aromatic heterocycles. The molecule has 8 heteroatoms. The predicted molar refractivity (Wildman–Crippen MR) is 102 cm³/mol. The second kappa shape index (κ2) is 7.09. The van der Waals surface area contributed by atoms with E-state index in [1.807, 2.05) is 20.0 Å². The van der Waals surface area contributed by atoms with Gasteiger partial charge in [0.15, 0.2) is 0 Å². The Labute approximate surface area is 164 Å². The van der Waals surface area contributed by atoms with Crippen LogP contribution < -0.4 is 4.90 Å². The minimum atomic E-state index is -0.0590. The lowest BCUT2D eigenvalue weighted by Crippen LogP contribution is -2.42. The van der Waals surface area contributed by atoms with Crippen LogP contribution in [0.25, 0.3) is 0 Å². The molecule has 8 nitrogen and oxygen atoms in total. The summed E-state index contributed by atoms with van der Waals surface area (Å²) in [5, 5.41) is 4.10. The summed E-state index contributed by atoms with van der Waals surface area (Å²) in [6.07, 6.45) is 3.01. The molecule has 0 amide bonds. The van der Waals surface area contributed by atoms with Crippen molar-refractivity contribution in [3.63, 3.8) is 0 Å². The SMILES string of the molecule is Cc1noc(C)c1CN1CCC2(COCc3cnc(N4CCOCC4)nc32)C1. The molecule has 2 aromatic rings. The molecule has 2 saturated heterocycles. The Morgan fingerprint density at radius 3 is 2.79 bits per heavy atom. The normalized spacial score (nSPS) is 25.4. The molecule has 3 aliphatic rings. The Bertz CT molecular complexity index is 844. The van der Waals surface area contributed by atoms with E-state index in [2.05, 4.69) is 19.9 Å². The summed E-state index contributed by atoms with van der Waals surface area (Å²) in [5.41, 5.74) is 4.43. The molecule has 0 radical (unpaired) electrons. The van der Waals surface area contributed by atoms with E-state index in [0.717, 1.165) is 81.9 Å². The number of aromatic nitrogens is 3. The average Bonchev–Trinajstić information content (AvgIpc) is 3.28. The third kappa shape index (κ3) is 3.09. The number of fused-ring (bicyclic) bond motifs is 2. The molecule has 1 unspecified atom stereocenters. The van der Waals surface area contributed by atoms with Crippen molar-refractivity contribution in [2.75, 3.05) is 50.9 Å². The topological polar surface area (TPSA) is 76.8 Å². The molecule has 0 aliphatic carbocycles. The summed E-state index contributed by atoms with van der Waals surface area (Å²) in [7, 11) is 0. The Hall–Kier alpha value is -2.03. The van der Waals surface area contributed by atoms with Crippen LogP contribution in [0.3, 0.4) is 0 Å². The molecule has 0 bridgehead atoms. The van der Waals surface area contributed by atoms with Crippen LogP contribution in [0.15, 0.2) is 10.7 Å². The van der Waals surface area contributed by atoms with Gasteiger partial charge < -0.3 is 18.9 Å². The highest BCUT2D eigenvalue weighted by molar-refractivity contribution is 5.39. The number of morpholine rings is 1. The molecular formula is C20H27N5O3. The van der Waals surface area contributed by atoms with E-state index in [-0.39, 0.29) is 5.41 Å². The van der Waals surface area contributed by atoms with Crippen LogP contribution in [0.4, 0.5) is 5.95 Å². The van der Waals surface area contributed by atoms with Gasteiger partial charge in [0.05, 0.1) is 43.2 Å². The molecule has 1 spiro atoms. The Kier molecular flexibility index (Phi) is 4.57. The van der Waals surface area contributed by atoms with Gasteiger partial charge in [0, 0.05) is 43.5 Å². The van der Waals surface area contributed by atoms with Crippen molar-refractivity contribution in [3.05, 3.63) is 34.5 Å². The van der Waals surface area contributed by atoms with Gasteiger partial charge in [-0.1, -0.05) is 5.16 Å².